The molecule has 0 heterocycles. The molecule has 0 aliphatic rings. The lowest BCUT2D eigenvalue weighted by atomic mass is 10.1. The number of ether oxygens (including phenoxy) is 1. The van der Waals surface area contributed by atoms with Crippen LogP contribution >= 0.6 is 0 Å². The van der Waals surface area contributed by atoms with Gasteiger partial charge in [0, 0.05) is 13.6 Å². The molecule has 2 amide bonds. The van der Waals surface area contributed by atoms with Gasteiger partial charge in [0.2, 0.25) is 11.8 Å². The van der Waals surface area contributed by atoms with E-state index < -0.39 is 6.04 Å². The molecular weight excluding hydrogens is 328 g/mol. The minimum atomic E-state index is -0.550. The number of hydrogen-bond acceptors (Lipinski definition) is 3. The van der Waals surface area contributed by atoms with Gasteiger partial charge in [-0.15, -0.1) is 0 Å². The SMILES string of the molecule is CNC(=O)C(C)N(Cc1cccc(C)c1)C(=O)Cc1ccc(OC)cc1. The summed E-state index contributed by atoms with van der Waals surface area (Å²) in [5.74, 6) is 0.477. The molecule has 2 aromatic carbocycles. The van der Waals surface area contributed by atoms with E-state index in [1.807, 2.05) is 55.5 Å². The fourth-order valence-electron chi connectivity index (χ4n) is 2.82. The Morgan fingerprint density at radius 3 is 2.38 bits per heavy atom. The third-order valence-corrected chi connectivity index (χ3v) is 4.36. The summed E-state index contributed by atoms with van der Waals surface area (Å²) >= 11 is 0. The summed E-state index contributed by atoms with van der Waals surface area (Å²) in [6.07, 6.45) is 0.233. The van der Waals surface area contributed by atoms with Crippen molar-refractivity contribution in [1.82, 2.24) is 10.2 Å². The van der Waals surface area contributed by atoms with Gasteiger partial charge in [-0.1, -0.05) is 42.0 Å². The third kappa shape index (κ3) is 5.09. The van der Waals surface area contributed by atoms with E-state index in [1.165, 1.54) is 0 Å². The van der Waals surface area contributed by atoms with Gasteiger partial charge < -0.3 is 15.0 Å². The van der Waals surface area contributed by atoms with Crippen LogP contribution in [0.25, 0.3) is 0 Å². The summed E-state index contributed by atoms with van der Waals surface area (Å²) in [4.78, 5) is 26.7. The van der Waals surface area contributed by atoms with Crippen molar-refractivity contribution in [3.63, 3.8) is 0 Å². The van der Waals surface area contributed by atoms with Gasteiger partial charge in [0.1, 0.15) is 11.8 Å². The lowest BCUT2D eigenvalue weighted by Crippen LogP contribution is -2.47. The Kier molecular flexibility index (Phi) is 6.78. The molecule has 0 fully saturated rings. The van der Waals surface area contributed by atoms with E-state index in [0.29, 0.717) is 6.54 Å². The molecule has 5 nitrogen and oxygen atoms in total. The van der Waals surface area contributed by atoms with Crippen molar-refractivity contribution in [2.24, 2.45) is 0 Å². The molecule has 0 saturated heterocycles. The monoisotopic (exact) mass is 354 g/mol. The Hall–Kier alpha value is -2.82. The Balaban J connectivity index is 2.20. The van der Waals surface area contributed by atoms with Crippen LogP contribution in [0.4, 0.5) is 0 Å². The molecule has 2 rings (SSSR count). The van der Waals surface area contributed by atoms with Crippen LogP contribution in [-0.4, -0.2) is 36.9 Å². The van der Waals surface area contributed by atoms with Crippen molar-refractivity contribution in [2.75, 3.05) is 14.2 Å². The van der Waals surface area contributed by atoms with Gasteiger partial charge in [0.05, 0.1) is 13.5 Å². The van der Waals surface area contributed by atoms with Gasteiger partial charge in [-0.05, 0) is 37.1 Å². The second kappa shape index (κ2) is 9.04. The smallest absolute Gasteiger partial charge is 0.242 e. The highest BCUT2D eigenvalue weighted by Gasteiger charge is 2.25. The molecule has 26 heavy (non-hydrogen) atoms. The molecule has 0 spiro atoms. The van der Waals surface area contributed by atoms with Crippen molar-refractivity contribution in [1.29, 1.82) is 0 Å². The van der Waals surface area contributed by atoms with E-state index in [2.05, 4.69) is 5.32 Å². The number of rotatable bonds is 7. The van der Waals surface area contributed by atoms with Crippen LogP contribution in [0.1, 0.15) is 23.6 Å². The van der Waals surface area contributed by atoms with Crippen molar-refractivity contribution < 1.29 is 14.3 Å². The molecule has 138 valence electrons. The molecule has 0 radical (unpaired) electrons. The Morgan fingerprint density at radius 2 is 1.81 bits per heavy atom. The van der Waals surface area contributed by atoms with Crippen LogP contribution in [0.5, 0.6) is 5.75 Å². The quantitative estimate of drug-likeness (QED) is 0.832. The van der Waals surface area contributed by atoms with Crippen molar-refractivity contribution in [2.45, 2.75) is 32.9 Å². The van der Waals surface area contributed by atoms with Crippen molar-refractivity contribution >= 4 is 11.8 Å². The first-order valence-corrected chi connectivity index (χ1v) is 8.64. The molecule has 1 unspecified atom stereocenters. The van der Waals surface area contributed by atoms with E-state index in [4.69, 9.17) is 4.74 Å². The number of nitrogens with one attached hydrogen (secondary N) is 1. The molecule has 0 aliphatic carbocycles. The summed E-state index contributed by atoms with van der Waals surface area (Å²) in [6, 6.07) is 14.8. The fourth-order valence-corrected chi connectivity index (χ4v) is 2.82. The predicted molar refractivity (Wildman–Crippen MR) is 102 cm³/mol. The number of carbonyl (C=O) groups excluding carboxylic acids is 2. The molecule has 0 bridgehead atoms. The molecule has 1 atom stereocenters. The summed E-state index contributed by atoms with van der Waals surface area (Å²) in [7, 11) is 3.19. The number of carbonyl (C=O) groups is 2. The van der Waals surface area contributed by atoms with Crippen LogP contribution in [0.3, 0.4) is 0 Å². The number of methoxy groups -OCH3 is 1. The highest BCUT2D eigenvalue weighted by Crippen LogP contribution is 2.16. The first-order valence-electron chi connectivity index (χ1n) is 8.64. The zero-order valence-corrected chi connectivity index (χ0v) is 15.8. The number of hydrogen-bond donors (Lipinski definition) is 1. The lowest BCUT2D eigenvalue weighted by molar-refractivity contribution is -0.139. The Bertz CT molecular complexity index is 756. The summed E-state index contributed by atoms with van der Waals surface area (Å²) < 4.78 is 5.15. The average molecular weight is 354 g/mol. The number of benzene rings is 2. The summed E-state index contributed by atoms with van der Waals surface area (Å²) in [6.45, 7) is 4.15. The van der Waals surface area contributed by atoms with Gasteiger partial charge in [-0.3, -0.25) is 9.59 Å². The van der Waals surface area contributed by atoms with Gasteiger partial charge in [0.15, 0.2) is 0 Å². The molecule has 2 aromatic rings. The van der Waals surface area contributed by atoms with E-state index in [1.54, 1.807) is 26.0 Å². The normalized spacial score (nSPS) is 11.5. The first-order chi connectivity index (χ1) is 12.4. The maximum atomic E-state index is 12.9. The topological polar surface area (TPSA) is 58.6 Å². The highest BCUT2D eigenvalue weighted by atomic mass is 16.5. The number of amides is 2. The Labute approximate surface area is 155 Å². The van der Waals surface area contributed by atoms with Gasteiger partial charge in [-0.2, -0.15) is 0 Å². The molecule has 0 saturated carbocycles. The minimum Gasteiger partial charge on any atom is -0.497 e. The zero-order chi connectivity index (χ0) is 19.1. The number of nitrogens with zero attached hydrogens (tertiary/aromatic N) is 1. The van der Waals surface area contributed by atoms with Crippen molar-refractivity contribution in [3.05, 3.63) is 65.2 Å². The number of likely N-dealkylation sites (N-methyl/N-ethyl adjacent to an activating group) is 1. The van der Waals surface area contributed by atoms with Gasteiger partial charge in [-0.25, -0.2) is 0 Å². The van der Waals surface area contributed by atoms with Gasteiger partial charge >= 0.3 is 0 Å². The fraction of sp³-hybridized carbons (Fsp3) is 0.333. The van der Waals surface area contributed by atoms with E-state index in [-0.39, 0.29) is 18.2 Å². The Morgan fingerprint density at radius 1 is 1.12 bits per heavy atom. The summed E-state index contributed by atoms with van der Waals surface area (Å²) in [5, 5.41) is 2.63. The zero-order valence-electron chi connectivity index (χ0n) is 15.8. The number of aryl methyl sites for hydroxylation is 1. The van der Waals surface area contributed by atoms with Crippen molar-refractivity contribution in [3.8, 4) is 5.75 Å². The van der Waals surface area contributed by atoms with E-state index in [0.717, 1.165) is 22.4 Å². The molecule has 1 N–H and O–H groups in total. The molecule has 0 aliphatic heterocycles. The third-order valence-electron chi connectivity index (χ3n) is 4.36. The van der Waals surface area contributed by atoms with E-state index in [9.17, 15) is 9.59 Å². The first kappa shape index (κ1) is 19.5. The molecule has 0 aromatic heterocycles. The second-order valence-electron chi connectivity index (χ2n) is 6.33. The van der Waals surface area contributed by atoms with Crippen LogP contribution in [0.15, 0.2) is 48.5 Å². The van der Waals surface area contributed by atoms with Crippen LogP contribution < -0.4 is 10.1 Å². The van der Waals surface area contributed by atoms with Crippen LogP contribution in [-0.2, 0) is 22.6 Å². The van der Waals surface area contributed by atoms with Gasteiger partial charge in [0.25, 0.3) is 0 Å². The largest absolute Gasteiger partial charge is 0.497 e. The maximum Gasteiger partial charge on any atom is 0.242 e. The second-order valence-corrected chi connectivity index (χ2v) is 6.33. The van der Waals surface area contributed by atoms with Crippen LogP contribution in [0.2, 0.25) is 0 Å². The van der Waals surface area contributed by atoms with E-state index >= 15 is 0 Å². The standard InChI is InChI=1S/C21H26N2O3/c1-15-6-5-7-18(12-15)14-23(16(2)21(25)22-3)20(24)13-17-8-10-19(26-4)11-9-17/h5-12,16H,13-14H2,1-4H3,(H,22,25). The highest BCUT2D eigenvalue weighted by molar-refractivity contribution is 5.88. The van der Waals surface area contributed by atoms with Crippen LogP contribution in [0, 0.1) is 6.92 Å². The minimum absolute atomic E-state index is 0.0900. The molecular formula is C21H26N2O3. The average Bonchev–Trinajstić information content (AvgIpc) is 2.65. The predicted octanol–water partition coefficient (Wildman–Crippen LogP) is 2.71. The lowest BCUT2D eigenvalue weighted by Gasteiger charge is -2.28. The maximum absolute atomic E-state index is 12.9. The molecule has 5 heteroatoms. The summed E-state index contributed by atoms with van der Waals surface area (Å²) in [5.41, 5.74) is 3.01.